The number of hydrogen-bond donors (Lipinski definition) is 1. The van der Waals surface area contributed by atoms with Gasteiger partial charge in [0.2, 0.25) is 0 Å². The number of nitrogens with one attached hydrogen (secondary N) is 1. The van der Waals surface area contributed by atoms with Gasteiger partial charge in [-0.05, 0) is 25.2 Å². The zero-order chi connectivity index (χ0) is 12.3. The zero-order valence-corrected chi connectivity index (χ0v) is 12.0. The van der Waals surface area contributed by atoms with Crippen molar-refractivity contribution in [3.63, 3.8) is 0 Å². The third kappa shape index (κ3) is 2.85. The standard InChI is InChI=1S/C15H30N2/c1-4-13(3)10-17-11-14(5-2)16-12-15(17)8-6-7-9-15/h13-14,16H,4-12H2,1-3H3. The Morgan fingerprint density at radius 3 is 2.59 bits per heavy atom. The molecule has 0 aromatic carbocycles. The Morgan fingerprint density at radius 2 is 2.00 bits per heavy atom. The maximum Gasteiger partial charge on any atom is 0.0334 e. The van der Waals surface area contributed by atoms with Gasteiger partial charge in [0.05, 0.1) is 0 Å². The predicted octanol–water partition coefficient (Wildman–Crippen LogP) is 3.03. The maximum absolute atomic E-state index is 3.78. The van der Waals surface area contributed by atoms with E-state index in [-0.39, 0.29) is 0 Å². The highest BCUT2D eigenvalue weighted by Crippen LogP contribution is 2.37. The first-order chi connectivity index (χ1) is 8.20. The minimum Gasteiger partial charge on any atom is -0.311 e. The average molecular weight is 238 g/mol. The van der Waals surface area contributed by atoms with Crippen LogP contribution in [0.5, 0.6) is 0 Å². The average Bonchev–Trinajstić information content (AvgIpc) is 2.81. The van der Waals surface area contributed by atoms with Crippen LogP contribution in [-0.2, 0) is 0 Å². The van der Waals surface area contributed by atoms with Gasteiger partial charge in [-0.3, -0.25) is 4.90 Å². The normalized spacial score (nSPS) is 30.9. The highest BCUT2D eigenvalue weighted by Gasteiger charge is 2.43. The van der Waals surface area contributed by atoms with Crippen molar-refractivity contribution in [2.24, 2.45) is 5.92 Å². The first-order valence-electron chi connectivity index (χ1n) is 7.68. The summed E-state index contributed by atoms with van der Waals surface area (Å²) in [6.07, 6.45) is 8.31. The molecule has 0 amide bonds. The third-order valence-corrected chi connectivity index (χ3v) is 5.09. The van der Waals surface area contributed by atoms with Gasteiger partial charge in [-0.15, -0.1) is 0 Å². The van der Waals surface area contributed by atoms with E-state index in [1.807, 2.05) is 0 Å². The van der Waals surface area contributed by atoms with Crippen molar-refractivity contribution >= 4 is 0 Å². The predicted molar refractivity (Wildman–Crippen MR) is 74.3 cm³/mol. The summed E-state index contributed by atoms with van der Waals surface area (Å²) < 4.78 is 0. The van der Waals surface area contributed by atoms with Gasteiger partial charge in [0.25, 0.3) is 0 Å². The minimum atomic E-state index is 0.523. The van der Waals surface area contributed by atoms with E-state index in [9.17, 15) is 0 Å². The minimum absolute atomic E-state index is 0.523. The second kappa shape index (κ2) is 5.71. The molecule has 2 aliphatic rings. The van der Waals surface area contributed by atoms with Gasteiger partial charge >= 0.3 is 0 Å². The lowest BCUT2D eigenvalue weighted by Crippen LogP contribution is -2.64. The van der Waals surface area contributed by atoms with Gasteiger partial charge in [0.1, 0.15) is 0 Å². The largest absolute Gasteiger partial charge is 0.311 e. The fourth-order valence-corrected chi connectivity index (χ4v) is 3.54. The molecule has 2 rings (SSSR count). The maximum atomic E-state index is 3.78. The highest BCUT2D eigenvalue weighted by atomic mass is 15.3. The summed E-state index contributed by atoms with van der Waals surface area (Å²) in [5.74, 6) is 0.850. The number of piperazine rings is 1. The van der Waals surface area contributed by atoms with Crippen LogP contribution < -0.4 is 5.32 Å². The summed E-state index contributed by atoms with van der Waals surface area (Å²) in [6, 6.07) is 0.727. The van der Waals surface area contributed by atoms with Gasteiger partial charge in [-0.25, -0.2) is 0 Å². The molecule has 1 N–H and O–H groups in total. The van der Waals surface area contributed by atoms with Gasteiger partial charge in [-0.2, -0.15) is 0 Å². The molecule has 100 valence electrons. The summed E-state index contributed by atoms with van der Waals surface area (Å²) in [5.41, 5.74) is 0.523. The molecular weight excluding hydrogens is 208 g/mol. The highest BCUT2D eigenvalue weighted by molar-refractivity contribution is 5.01. The Hall–Kier alpha value is -0.0800. The summed E-state index contributed by atoms with van der Waals surface area (Å²) in [4.78, 5) is 2.85. The smallest absolute Gasteiger partial charge is 0.0334 e. The Balaban J connectivity index is 2.03. The van der Waals surface area contributed by atoms with Crippen LogP contribution in [0, 0.1) is 5.92 Å². The van der Waals surface area contributed by atoms with Crippen LogP contribution in [0.2, 0.25) is 0 Å². The molecule has 2 unspecified atom stereocenters. The molecular formula is C15H30N2. The third-order valence-electron chi connectivity index (χ3n) is 5.09. The molecule has 2 fully saturated rings. The van der Waals surface area contributed by atoms with E-state index in [0.29, 0.717) is 5.54 Å². The van der Waals surface area contributed by atoms with Crippen molar-refractivity contribution in [2.75, 3.05) is 19.6 Å². The van der Waals surface area contributed by atoms with Gasteiger partial charge < -0.3 is 5.32 Å². The zero-order valence-electron chi connectivity index (χ0n) is 12.0. The summed E-state index contributed by atoms with van der Waals surface area (Å²) in [6.45, 7) is 10.9. The fraction of sp³-hybridized carbons (Fsp3) is 1.00. The fourth-order valence-electron chi connectivity index (χ4n) is 3.54. The number of rotatable bonds is 4. The molecule has 1 heterocycles. The SMILES string of the molecule is CCC(C)CN1CC(CC)NCC12CCCC2. The van der Waals surface area contributed by atoms with E-state index in [2.05, 4.69) is 31.0 Å². The quantitative estimate of drug-likeness (QED) is 0.810. The number of hydrogen-bond acceptors (Lipinski definition) is 2. The molecule has 0 radical (unpaired) electrons. The second-order valence-electron chi connectivity index (χ2n) is 6.34. The molecule has 17 heavy (non-hydrogen) atoms. The molecule has 1 aliphatic heterocycles. The Labute approximate surface area is 107 Å². The van der Waals surface area contributed by atoms with Crippen LogP contribution in [0.1, 0.15) is 59.3 Å². The lowest BCUT2D eigenvalue weighted by Gasteiger charge is -2.49. The van der Waals surface area contributed by atoms with E-state index >= 15 is 0 Å². The molecule has 0 aromatic rings. The summed E-state index contributed by atoms with van der Waals surface area (Å²) >= 11 is 0. The molecule has 1 aliphatic carbocycles. The van der Waals surface area contributed by atoms with Crippen LogP contribution >= 0.6 is 0 Å². The first kappa shape index (κ1) is 13.4. The van der Waals surface area contributed by atoms with E-state index in [0.717, 1.165) is 12.0 Å². The van der Waals surface area contributed by atoms with Crippen LogP contribution in [0.25, 0.3) is 0 Å². The van der Waals surface area contributed by atoms with Gasteiger partial charge in [-0.1, -0.05) is 40.0 Å². The van der Waals surface area contributed by atoms with Crippen LogP contribution in [0.4, 0.5) is 0 Å². The van der Waals surface area contributed by atoms with Crippen molar-refractivity contribution in [1.29, 1.82) is 0 Å². The van der Waals surface area contributed by atoms with Crippen molar-refractivity contribution < 1.29 is 0 Å². The summed E-state index contributed by atoms with van der Waals surface area (Å²) in [7, 11) is 0. The lowest BCUT2D eigenvalue weighted by atomic mass is 9.89. The van der Waals surface area contributed by atoms with Crippen LogP contribution in [0.3, 0.4) is 0 Å². The van der Waals surface area contributed by atoms with Crippen LogP contribution in [0.15, 0.2) is 0 Å². The van der Waals surface area contributed by atoms with E-state index in [1.54, 1.807) is 0 Å². The lowest BCUT2D eigenvalue weighted by molar-refractivity contribution is 0.0300. The topological polar surface area (TPSA) is 15.3 Å². The van der Waals surface area contributed by atoms with E-state index in [4.69, 9.17) is 0 Å². The molecule has 0 aromatic heterocycles. The van der Waals surface area contributed by atoms with E-state index in [1.165, 1.54) is 58.2 Å². The Kier molecular flexibility index (Phi) is 4.48. The van der Waals surface area contributed by atoms with Gasteiger partial charge in [0.15, 0.2) is 0 Å². The monoisotopic (exact) mass is 238 g/mol. The van der Waals surface area contributed by atoms with Gasteiger partial charge in [0, 0.05) is 31.2 Å². The molecule has 2 heteroatoms. The van der Waals surface area contributed by atoms with Crippen LogP contribution in [-0.4, -0.2) is 36.1 Å². The molecule has 1 saturated carbocycles. The molecule has 2 atom stereocenters. The molecule has 2 nitrogen and oxygen atoms in total. The van der Waals surface area contributed by atoms with Crippen molar-refractivity contribution in [1.82, 2.24) is 10.2 Å². The van der Waals surface area contributed by atoms with E-state index < -0.39 is 0 Å². The van der Waals surface area contributed by atoms with Crippen molar-refractivity contribution in [3.05, 3.63) is 0 Å². The summed E-state index contributed by atoms with van der Waals surface area (Å²) in [5, 5.41) is 3.78. The molecule has 1 saturated heterocycles. The Bertz CT molecular complexity index is 231. The Morgan fingerprint density at radius 1 is 1.29 bits per heavy atom. The molecule has 1 spiro atoms. The number of nitrogens with zero attached hydrogens (tertiary/aromatic N) is 1. The second-order valence-corrected chi connectivity index (χ2v) is 6.34. The van der Waals surface area contributed by atoms with Crippen molar-refractivity contribution in [2.45, 2.75) is 70.9 Å². The molecule has 0 bridgehead atoms. The first-order valence-corrected chi connectivity index (χ1v) is 7.68. The van der Waals surface area contributed by atoms with Crippen molar-refractivity contribution in [3.8, 4) is 0 Å².